The molecule has 2 bridgehead atoms. The molecule has 0 saturated carbocycles. The number of rotatable bonds is 6. The Hall–Kier alpha value is -1.54. The highest BCUT2D eigenvalue weighted by Crippen LogP contribution is 2.49. The molecular formula is C23H31NO. The summed E-state index contributed by atoms with van der Waals surface area (Å²) >= 11 is 0. The van der Waals surface area contributed by atoms with Gasteiger partial charge in [-0.05, 0) is 50.6 Å². The van der Waals surface area contributed by atoms with Crippen LogP contribution in [0.2, 0.25) is 0 Å². The number of ether oxygens (including phenoxy) is 1. The molecule has 0 amide bonds. The number of nitrogens with zero attached hydrogens (tertiary/aromatic N) is 1. The summed E-state index contributed by atoms with van der Waals surface area (Å²) in [4.78, 5) is 2.73. The Morgan fingerprint density at radius 3 is 2.80 bits per heavy atom. The minimum absolute atomic E-state index is 0.378. The SMILES string of the molecule is CCCCC12CCC(CC[C@H]1COc1cccc3ccccc13)N2C. The van der Waals surface area contributed by atoms with Crippen LogP contribution in [0.15, 0.2) is 42.5 Å². The van der Waals surface area contributed by atoms with Gasteiger partial charge < -0.3 is 4.74 Å². The minimum Gasteiger partial charge on any atom is -0.493 e. The number of benzene rings is 2. The van der Waals surface area contributed by atoms with Crippen LogP contribution in [-0.4, -0.2) is 30.1 Å². The molecule has 0 N–H and O–H groups in total. The Kier molecular flexibility index (Phi) is 4.73. The molecule has 0 aromatic heterocycles. The Bertz CT molecular complexity index is 722. The zero-order valence-electron chi connectivity index (χ0n) is 15.7. The van der Waals surface area contributed by atoms with Gasteiger partial charge in [-0.25, -0.2) is 0 Å². The third kappa shape index (κ3) is 2.95. The fourth-order valence-corrected chi connectivity index (χ4v) is 5.38. The van der Waals surface area contributed by atoms with Gasteiger partial charge in [-0.2, -0.15) is 0 Å². The molecule has 25 heavy (non-hydrogen) atoms. The van der Waals surface area contributed by atoms with Crippen LogP contribution in [0.4, 0.5) is 0 Å². The summed E-state index contributed by atoms with van der Waals surface area (Å²) in [7, 11) is 2.37. The topological polar surface area (TPSA) is 12.5 Å². The number of hydrogen-bond acceptors (Lipinski definition) is 2. The van der Waals surface area contributed by atoms with Gasteiger partial charge in [0.2, 0.25) is 0 Å². The van der Waals surface area contributed by atoms with E-state index in [0.29, 0.717) is 11.5 Å². The third-order valence-electron chi connectivity index (χ3n) is 6.92. The van der Waals surface area contributed by atoms with Gasteiger partial charge >= 0.3 is 0 Å². The van der Waals surface area contributed by atoms with Crippen LogP contribution in [0.1, 0.15) is 51.9 Å². The van der Waals surface area contributed by atoms with Crippen molar-refractivity contribution in [3.8, 4) is 5.75 Å². The lowest BCUT2D eigenvalue weighted by Gasteiger charge is -2.48. The minimum atomic E-state index is 0.378. The van der Waals surface area contributed by atoms with E-state index in [-0.39, 0.29) is 0 Å². The summed E-state index contributed by atoms with van der Waals surface area (Å²) in [6.07, 6.45) is 9.36. The van der Waals surface area contributed by atoms with Crippen LogP contribution < -0.4 is 4.74 Å². The summed E-state index contributed by atoms with van der Waals surface area (Å²) in [5.74, 6) is 1.70. The van der Waals surface area contributed by atoms with E-state index < -0.39 is 0 Å². The summed E-state index contributed by atoms with van der Waals surface area (Å²) in [6.45, 7) is 3.17. The Morgan fingerprint density at radius 1 is 1.08 bits per heavy atom. The molecule has 0 radical (unpaired) electrons. The number of fused-ring (bicyclic) bond motifs is 3. The van der Waals surface area contributed by atoms with E-state index in [1.165, 1.54) is 55.7 Å². The summed E-state index contributed by atoms with van der Waals surface area (Å²) in [5, 5.41) is 2.50. The van der Waals surface area contributed by atoms with E-state index in [4.69, 9.17) is 4.74 Å². The fraction of sp³-hybridized carbons (Fsp3) is 0.565. The van der Waals surface area contributed by atoms with Crippen LogP contribution in [0, 0.1) is 5.92 Å². The number of hydrogen-bond donors (Lipinski definition) is 0. The maximum absolute atomic E-state index is 6.44. The van der Waals surface area contributed by atoms with Gasteiger partial charge in [0, 0.05) is 22.9 Å². The Morgan fingerprint density at radius 2 is 1.92 bits per heavy atom. The largest absolute Gasteiger partial charge is 0.493 e. The van der Waals surface area contributed by atoms with Crippen molar-refractivity contribution in [2.75, 3.05) is 13.7 Å². The van der Waals surface area contributed by atoms with Crippen LogP contribution in [0.5, 0.6) is 5.75 Å². The average molecular weight is 338 g/mol. The third-order valence-corrected chi connectivity index (χ3v) is 6.92. The highest BCUT2D eigenvalue weighted by Gasteiger charge is 2.51. The maximum atomic E-state index is 6.44. The van der Waals surface area contributed by atoms with Gasteiger partial charge in [-0.15, -0.1) is 0 Å². The standard InChI is InChI=1S/C23H31NO/c1-3-4-15-23-16-14-20(24(23)2)13-12-19(23)17-25-22-11-7-9-18-8-5-6-10-21(18)22/h5-11,19-20H,3-4,12-17H2,1-2H3/t19-,20?,23?/m0/s1. The van der Waals surface area contributed by atoms with Crippen molar-refractivity contribution >= 4 is 10.8 Å². The quantitative estimate of drug-likeness (QED) is 0.675. The van der Waals surface area contributed by atoms with Crippen molar-refractivity contribution in [2.24, 2.45) is 5.92 Å². The molecule has 134 valence electrons. The normalized spacial score (nSPS) is 29.2. The molecule has 4 rings (SSSR count). The summed E-state index contributed by atoms with van der Waals surface area (Å²) < 4.78 is 6.44. The Labute approximate surface area is 152 Å². The van der Waals surface area contributed by atoms with Crippen molar-refractivity contribution in [3.05, 3.63) is 42.5 Å². The van der Waals surface area contributed by atoms with Crippen LogP contribution in [0.25, 0.3) is 10.8 Å². The van der Waals surface area contributed by atoms with Gasteiger partial charge in [0.15, 0.2) is 0 Å². The first kappa shape index (κ1) is 16.9. The summed E-state index contributed by atoms with van der Waals surface area (Å²) in [6, 6.07) is 15.8. The van der Waals surface area contributed by atoms with Crippen molar-refractivity contribution in [1.82, 2.24) is 4.90 Å². The maximum Gasteiger partial charge on any atom is 0.127 e. The van der Waals surface area contributed by atoms with Crippen molar-refractivity contribution in [1.29, 1.82) is 0 Å². The van der Waals surface area contributed by atoms with Crippen molar-refractivity contribution in [2.45, 2.75) is 63.5 Å². The van der Waals surface area contributed by atoms with E-state index in [9.17, 15) is 0 Å². The predicted molar refractivity (Wildman–Crippen MR) is 105 cm³/mol. The van der Waals surface area contributed by atoms with E-state index in [1.807, 2.05) is 0 Å². The highest BCUT2D eigenvalue weighted by molar-refractivity contribution is 5.88. The van der Waals surface area contributed by atoms with Gasteiger partial charge in [-0.3, -0.25) is 4.90 Å². The molecule has 2 aromatic carbocycles. The lowest BCUT2D eigenvalue weighted by Crippen LogP contribution is -2.55. The average Bonchev–Trinajstić information content (AvgIpc) is 2.85. The molecule has 2 heterocycles. The second kappa shape index (κ2) is 6.99. The molecule has 2 fully saturated rings. The van der Waals surface area contributed by atoms with Crippen molar-refractivity contribution in [3.63, 3.8) is 0 Å². The molecule has 2 nitrogen and oxygen atoms in total. The summed E-state index contributed by atoms with van der Waals surface area (Å²) in [5.41, 5.74) is 0.378. The molecule has 0 aliphatic carbocycles. The molecule has 3 atom stereocenters. The zero-order chi connectivity index (χ0) is 17.3. The lowest BCUT2D eigenvalue weighted by molar-refractivity contribution is -0.00490. The van der Waals surface area contributed by atoms with E-state index in [1.54, 1.807) is 0 Å². The highest BCUT2D eigenvalue weighted by atomic mass is 16.5. The smallest absolute Gasteiger partial charge is 0.127 e. The first-order valence-electron chi connectivity index (χ1n) is 10.1. The van der Waals surface area contributed by atoms with E-state index in [0.717, 1.165) is 18.4 Å². The molecular weight excluding hydrogens is 306 g/mol. The predicted octanol–water partition coefficient (Wildman–Crippen LogP) is 5.65. The Balaban J connectivity index is 1.54. The molecule has 2 unspecified atom stereocenters. The molecule has 0 spiro atoms. The van der Waals surface area contributed by atoms with Gasteiger partial charge in [-0.1, -0.05) is 56.2 Å². The monoisotopic (exact) mass is 337 g/mol. The van der Waals surface area contributed by atoms with Crippen LogP contribution >= 0.6 is 0 Å². The molecule has 2 aromatic rings. The molecule has 2 saturated heterocycles. The van der Waals surface area contributed by atoms with E-state index >= 15 is 0 Å². The molecule has 2 heteroatoms. The second-order valence-corrected chi connectivity index (χ2v) is 8.07. The number of piperidine rings is 1. The van der Waals surface area contributed by atoms with Crippen LogP contribution in [0.3, 0.4) is 0 Å². The lowest BCUT2D eigenvalue weighted by atomic mass is 9.75. The van der Waals surface area contributed by atoms with Crippen molar-refractivity contribution < 1.29 is 4.74 Å². The van der Waals surface area contributed by atoms with E-state index in [2.05, 4.69) is 61.3 Å². The second-order valence-electron chi connectivity index (χ2n) is 8.07. The number of unbranched alkanes of at least 4 members (excludes halogenated alkanes) is 1. The molecule has 2 aliphatic rings. The first-order chi connectivity index (χ1) is 12.2. The van der Waals surface area contributed by atoms with Gasteiger partial charge in [0.25, 0.3) is 0 Å². The van der Waals surface area contributed by atoms with Gasteiger partial charge in [0.1, 0.15) is 5.75 Å². The zero-order valence-corrected chi connectivity index (χ0v) is 15.7. The molecule has 2 aliphatic heterocycles. The van der Waals surface area contributed by atoms with Gasteiger partial charge in [0.05, 0.1) is 6.61 Å². The van der Waals surface area contributed by atoms with Crippen LogP contribution in [-0.2, 0) is 0 Å². The fourth-order valence-electron chi connectivity index (χ4n) is 5.38. The first-order valence-corrected chi connectivity index (χ1v) is 10.1.